The number of ether oxygens (including phenoxy) is 2. The summed E-state index contributed by atoms with van der Waals surface area (Å²) >= 11 is 0. The Hall–Kier alpha value is -3.07. The summed E-state index contributed by atoms with van der Waals surface area (Å²) in [6, 6.07) is 5.37. The SMILES string of the molecule is CCO[C@H]1CN(C(=O)O)C[C@H]1Nc1c(CC)nc(-c2ccc(OC)cc2C)n(CC)c1=O. The maximum Gasteiger partial charge on any atom is 0.407 e. The molecule has 1 saturated heterocycles. The smallest absolute Gasteiger partial charge is 0.407 e. The van der Waals surface area contributed by atoms with Crippen molar-refractivity contribution in [1.29, 1.82) is 0 Å². The monoisotopic (exact) mass is 444 g/mol. The molecule has 0 saturated carbocycles. The minimum Gasteiger partial charge on any atom is -0.497 e. The number of aryl methyl sites for hydroxylation is 2. The molecule has 0 radical (unpaired) electrons. The van der Waals surface area contributed by atoms with Crippen molar-refractivity contribution in [2.45, 2.75) is 52.8 Å². The summed E-state index contributed by atoms with van der Waals surface area (Å²) in [4.78, 5) is 31.2. The summed E-state index contributed by atoms with van der Waals surface area (Å²) in [5.41, 5.74) is 2.72. The minimum absolute atomic E-state index is 0.173. The maximum absolute atomic E-state index is 13.5. The zero-order valence-corrected chi connectivity index (χ0v) is 19.3. The van der Waals surface area contributed by atoms with Crippen LogP contribution in [0.15, 0.2) is 23.0 Å². The molecule has 2 aromatic rings. The minimum atomic E-state index is -0.996. The molecule has 0 aliphatic carbocycles. The highest BCUT2D eigenvalue weighted by molar-refractivity contribution is 5.66. The molecule has 3 rings (SSSR count). The van der Waals surface area contributed by atoms with Gasteiger partial charge in [-0.05, 0) is 51.0 Å². The number of methoxy groups -OCH3 is 1. The molecule has 0 unspecified atom stereocenters. The molecule has 1 aliphatic rings. The van der Waals surface area contributed by atoms with Crippen LogP contribution in [0.1, 0.15) is 32.0 Å². The quantitative estimate of drug-likeness (QED) is 0.645. The Morgan fingerprint density at radius 1 is 1.28 bits per heavy atom. The summed E-state index contributed by atoms with van der Waals surface area (Å²) in [6.07, 6.45) is -0.776. The number of hydrogen-bond donors (Lipinski definition) is 2. The van der Waals surface area contributed by atoms with Crippen LogP contribution in [0.25, 0.3) is 11.4 Å². The number of carbonyl (C=O) groups is 1. The van der Waals surface area contributed by atoms with Gasteiger partial charge < -0.3 is 24.8 Å². The van der Waals surface area contributed by atoms with Gasteiger partial charge in [-0.15, -0.1) is 0 Å². The van der Waals surface area contributed by atoms with Crippen LogP contribution in [0, 0.1) is 6.92 Å². The van der Waals surface area contributed by atoms with Gasteiger partial charge in [-0.3, -0.25) is 9.36 Å². The molecule has 9 heteroatoms. The van der Waals surface area contributed by atoms with Crippen molar-refractivity contribution in [1.82, 2.24) is 14.5 Å². The Balaban J connectivity index is 2.05. The third kappa shape index (κ3) is 4.57. The third-order valence-electron chi connectivity index (χ3n) is 5.82. The number of anilines is 1. The Morgan fingerprint density at radius 3 is 2.59 bits per heavy atom. The maximum atomic E-state index is 13.5. The number of nitrogens with one attached hydrogen (secondary N) is 1. The molecule has 1 aromatic heterocycles. The van der Waals surface area contributed by atoms with Crippen molar-refractivity contribution >= 4 is 11.8 Å². The fraction of sp³-hybridized carbons (Fsp3) is 0.522. The highest BCUT2D eigenvalue weighted by Gasteiger charge is 2.37. The Labute approximate surface area is 188 Å². The van der Waals surface area contributed by atoms with E-state index in [1.165, 1.54) is 4.90 Å². The van der Waals surface area contributed by atoms with Gasteiger partial charge in [0.15, 0.2) is 0 Å². The van der Waals surface area contributed by atoms with Gasteiger partial charge in [-0.1, -0.05) is 6.92 Å². The van der Waals surface area contributed by atoms with E-state index in [1.54, 1.807) is 11.7 Å². The van der Waals surface area contributed by atoms with Crippen molar-refractivity contribution in [3.63, 3.8) is 0 Å². The van der Waals surface area contributed by atoms with Gasteiger partial charge >= 0.3 is 6.09 Å². The number of aromatic nitrogens is 2. The van der Waals surface area contributed by atoms with Gasteiger partial charge in [-0.2, -0.15) is 0 Å². The van der Waals surface area contributed by atoms with E-state index in [9.17, 15) is 14.7 Å². The highest BCUT2D eigenvalue weighted by atomic mass is 16.5. The number of rotatable bonds is 8. The van der Waals surface area contributed by atoms with Crippen molar-refractivity contribution in [2.24, 2.45) is 0 Å². The Morgan fingerprint density at radius 2 is 2.03 bits per heavy atom. The first-order valence-electron chi connectivity index (χ1n) is 11.0. The van der Waals surface area contributed by atoms with Gasteiger partial charge in [0.2, 0.25) is 0 Å². The summed E-state index contributed by atoms with van der Waals surface area (Å²) < 4.78 is 12.7. The number of amides is 1. The molecular weight excluding hydrogens is 412 g/mol. The lowest BCUT2D eigenvalue weighted by atomic mass is 10.1. The van der Waals surface area contributed by atoms with Crippen LogP contribution in [0.5, 0.6) is 5.75 Å². The molecular formula is C23H32N4O5. The number of likely N-dealkylation sites (tertiary alicyclic amines) is 1. The topological polar surface area (TPSA) is 106 Å². The first kappa shape index (κ1) is 23.6. The highest BCUT2D eigenvalue weighted by Crippen LogP contribution is 2.27. The van der Waals surface area contributed by atoms with E-state index < -0.39 is 6.09 Å². The molecule has 9 nitrogen and oxygen atoms in total. The lowest BCUT2D eigenvalue weighted by Gasteiger charge is -2.23. The largest absolute Gasteiger partial charge is 0.497 e. The van der Waals surface area contributed by atoms with Crippen LogP contribution in [0.4, 0.5) is 10.5 Å². The second-order valence-corrected chi connectivity index (χ2v) is 7.77. The average Bonchev–Trinajstić information content (AvgIpc) is 3.18. The lowest BCUT2D eigenvalue weighted by Crippen LogP contribution is -2.38. The predicted molar refractivity (Wildman–Crippen MR) is 123 cm³/mol. The molecule has 0 spiro atoms. The molecule has 1 amide bonds. The lowest BCUT2D eigenvalue weighted by molar-refractivity contribution is 0.0629. The summed E-state index contributed by atoms with van der Waals surface area (Å²) in [5, 5.41) is 12.7. The van der Waals surface area contributed by atoms with Crippen molar-refractivity contribution in [3.8, 4) is 17.1 Å². The Bertz CT molecular complexity index is 1040. The van der Waals surface area contributed by atoms with Crippen LogP contribution in [0.3, 0.4) is 0 Å². The average molecular weight is 445 g/mol. The van der Waals surface area contributed by atoms with E-state index in [1.807, 2.05) is 45.9 Å². The van der Waals surface area contributed by atoms with E-state index in [0.717, 1.165) is 16.9 Å². The van der Waals surface area contributed by atoms with E-state index in [4.69, 9.17) is 14.5 Å². The van der Waals surface area contributed by atoms with Crippen LogP contribution in [-0.2, 0) is 17.7 Å². The second-order valence-electron chi connectivity index (χ2n) is 7.77. The van der Waals surface area contributed by atoms with Crippen LogP contribution >= 0.6 is 0 Å². The number of nitrogens with zero attached hydrogens (tertiary/aromatic N) is 3. The van der Waals surface area contributed by atoms with Crippen molar-refractivity contribution in [3.05, 3.63) is 39.8 Å². The normalized spacial score (nSPS) is 18.1. The first-order chi connectivity index (χ1) is 15.3. The second kappa shape index (κ2) is 10.0. The molecule has 1 fully saturated rings. The van der Waals surface area contributed by atoms with Crippen LogP contribution in [-0.4, -0.2) is 64.6 Å². The van der Waals surface area contributed by atoms with E-state index in [-0.39, 0.29) is 30.8 Å². The summed E-state index contributed by atoms with van der Waals surface area (Å²) in [7, 11) is 1.62. The molecule has 32 heavy (non-hydrogen) atoms. The van der Waals surface area contributed by atoms with Gasteiger partial charge in [0, 0.05) is 25.3 Å². The summed E-state index contributed by atoms with van der Waals surface area (Å²) in [6.45, 7) is 9.12. The standard InChI is InChI=1S/C23H32N4O5/c1-6-17-20(24-18-12-26(23(29)30)13-19(18)32-8-3)22(28)27(7-2)21(25-17)16-10-9-15(31-5)11-14(16)4/h9-11,18-19,24H,6-8,12-13H2,1-5H3,(H,29,30)/t18-,19+/m1/s1. The summed E-state index contributed by atoms with van der Waals surface area (Å²) in [5.74, 6) is 1.36. The fourth-order valence-electron chi connectivity index (χ4n) is 4.15. The van der Waals surface area contributed by atoms with Crippen molar-refractivity contribution in [2.75, 3.05) is 32.1 Å². The first-order valence-corrected chi connectivity index (χ1v) is 11.0. The van der Waals surface area contributed by atoms with E-state index in [2.05, 4.69) is 5.32 Å². The Kier molecular flexibility index (Phi) is 7.40. The molecule has 0 bridgehead atoms. The zero-order chi connectivity index (χ0) is 23.4. The zero-order valence-electron chi connectivity index (χ0n) is 19.3. The van der Waals surface area contributed by atoms with E-state index in [0.29, 0.717) is 36.8 Å². The van der Waals surface area contributed by atoms with Gasteiger partial charge in [-0.25, -0.2) is 9.78 Å². The number of hydrogen-bond acceptors (Lipinski definition) is 6. The number of carboxylic acid groups (broad SMARTS) is 1. The predicted octanol–water partition coefficient (Wildman–Crippen LogP) is 2.99. The molecule has 174 valence electrons. The molecule has 1 aliphatic heterocycles. The van der Waals surface area contributed by atoms with Crippen molar-refractivity contribution < 1.29 is 19.4 Å². The van der Waals surface area contributed by atoms with E-state index >= 15 is 0 Å². The van der Waals surface area contributed by atoms with Crippen LogP contribution < -0.4 is 15.6 Å². The van der Waals surface area contributed by atoms with Gasteiger partial charge in [0.05, 0.1) is 31.5 Å². The number of benzene rings is 1. The molecule has 1 aromatic carbocycles. The third-order valence-corrected chi connectivity index (χ3v) is 5.82. The van der Waals surface area contributed by atoms with Gasteiger partial charge in [0.1, 0.15) is 17.3 Å². The van der Waals surface area contributed by atoms with Gasteiger partial charge in [0.25, 0.3) is 5.56 Å². The van der Waals surface area contributed by atoms with Crippen LogP contribution in [0.2, 0.25) is 0 Å². The fourth-order valence-corrected chi connectivity index (χ4v) is 4.15. The molecule has 2 N–H and O–H groups in total. The molecule has 2 heterocycles. The molecule has 2 atom stereocenters.